The molecule has 2 aromatic carbocycles. The van der Waals surface area contributed by atoms with Crippen LogP contribution in [0.15, 0.2) is 42.5 Å². The molecule has 2 aromatic rings. The molecule has 1 heterocycles. The fourth-order valence-corrected chi connectivity index (χ4v) is 5.30. The van der Waals surface area contributed by atoms with Gasteiger partial charge in [-0.1, -0.05) is 57.2 Å². The van der Waals surface area contributed by atoms with E-state index in [1.54, 1.807) is 14.2 Å². The molecule has 0 aliphatic carbocycles. The van der Waals surface area contributed by atoms with Gasteiger partial charge in [-0.2, -0.15) is 0 Å². The fourth-order valence-electron chi connectivity index (χ4n) is 5.30. The van der Waals surface area contributed by atoms with E-state index in [1.165, 1.54) is 16.7 Å². The Hall–Kier alpha value is -2.08. The first-order valence-electron chi connectivity index (χ1n) is 13.5. The molecule has 0 spiro atoms. The molecule has 3 unspecified atom stereocenters. The van der Waals surface area contributed by atoms with Gasteiger partial charge in [0, 0.05) is 30.7 Å². The van der Waals surface area contributed by atoms with E-state index >= 15 is 0 Å². The second-order valence-corrected chi connectivity index (χ2v) is 10.7. The van der Waals surface area contributed by atoms with Crippen LogP contribution in [0, 0.1) is 5.92 Å². The maximum atomic E-state index is 6.49. The van der Waals surface area contributed by atoms with Gasteiger partial charge in [0.2, 0.25) is 0 Å². The van der Waals surface area contributed by atoms with E-state index in [4.69, 9.17) is 18.9 Å². The zero-order chi connectivity index (χ0) is 26.1. The topological polar surface area (TPSA) is 40.2 Å². The third-order valence-corrected chi connectivity index (χ3v) is 8.00. The Labute approximate surface area is 219 Å². The van der Waals surface area contributed by atoms with E-state index in [0.717, 1.165) is 50.3 Å². The van der Waals surface area contributed by atoms with Crippen molar-refractivity contribution < 1.29 is 18.9 Å². The summed E-state index contributed by atoms with van der Waals surface area (Å²) < 4.78 is 23.7. The Morgan fingerprint density at radius 1 is 1.06 bits per heavy atom. The van der Waals surface area contributed by atoms with Gasteiger partial charge in [0.25, 0.3) is 0 Å². The molecule has 0 N–H and O–H groups in total. The summed E-state index contributed by atoms with van der Waals surface area (Å²) in [7, 11) is 5.72. The Balaban J connectivity index is 1.55. The second kappa shape index (κ2) is 13.5. The van der Waals surface area contributed by atoms with E-state index in [9.17, 15) is 0 Å². The molecule has 0 amide bonds. The van der Waals surface area contributed by atoms with Crippen molar-refractivity contribution in [3.63, 3.8) is 0 Å². The van der Waals surface area contributed by atoms with E-state index in [1.807, 2.05) is 12.1 Å². The molecule has 200 valence electrons. The molecule has 0 fully saturated rings. The molecule has 1 aliphatic heterocycles. The average Bonchev–Trinajstić information content (AvgIpc) is 3.18. The molecule has 1 aliphatic rings. The number of ether oxygens (including phenoxy) is 4. The number of hydrogen-bond donors (Lipinski definition) is 0. The fraction of sp³-hybridized carbons (Fsp3) is 0.613. The molecular weight excluding hydrogens is 450 g/mol. The van der Waals surface area contributed by atoms with Crippen LogP contribution in [0.25, 0.3) is 0 Å². The van der Waals surface area contributed by atoms with Crippen molar-refractivity contribution in [3.8, 4) is 11.5 Å². The zero-order valence-electron chi connectivity index (χ0n) is 23.5. The number of hydrogen-bond acceptors (Lipinski definition) is 5. The van der Waals surface area contributed by atoms with Crippen molar-refractivity contribution in [1.82, 2.24) is 4.90 Å². The molecule has 36 heavy (non-hydrogen) atoms. The van der Waals surface area contributed by atoms with Crippen molar-refractivity contribution in [2.75, 3.05) is 41.0 Å². The first kappa shape index (κ1) is 28.5. The molecule has 0 saturated heterocycles. The van der Waals surface area contributed by atoms with Gasteiger partial charge in [-0.15, -0.1) is 0 Å². The lowest BCUT2D eigenvalue weighted by atomic mass is 9.73. The summed E-state index contributed by atoms with van der Waals surface area (Å²) in [5.41, 5.74) is 3.75. The van der Waals surface area contributed by atoms with Gasteiger partial charge >= 0.3 is 0 Å². The highest BCUT2D eigenvalue weighted by Crippen LogP contribution is 2.51. The van der Waals surface area contributed by atoms with Crippen LogP contribution in [0.1, 0.15) is 63.6 Å². The van der Waals surface area contributed by atoms with Crippen molar-refractivity contribution in [2.24, 2.45) is 5.92 Å². The monoisotopic (exact) mass is 497 g/mol. The largest absolute Gasteiger partial charge is 0.493 e. The molecule has 4 atom stereocenters. The predicted molar refractivity (Wildman–Crippen MR) is 147 cm³/mol. The molecule has 0 bridgehead atoms. The minimum atomic E-state index is -0.127. The van der Waals surface area contributed by atoms with Crippen LogP contribution in [0.2, 0.25) is 0 Å². The summed E-state index contributed by atoms with van der Waals surface area (Å²) in [6.45, 7) is 12.2. The first-order chi connectivity index (χ1) is 17.3. The molecule has 5 heteroatoms. The quantitative estimate of drug-likeness (QED) is 0.290. The smallest absolute Gasteiger partial charge is 0.165 e. The Morgan fingerprint density at radius 3 is 2.47 bits per heavy atom. The number of nitrogens with zero attached hydrogens (tertiary/aromatic N) is 1. The Morgan fingerprint density at radius 2 is 1.81 bits per heavy atom. The number of benzene rings is 2. The third kappa shape index (κ3) is 6.81. The lowest BCUT2D eigenvalue weighted by molar-refractivity contribution is 0.0454. The van der Waals surface area contributed by atoms with Crippen molar-refractivity contribution in [2.45, 2.75) is 77.5 Å². The van der Waals surface area contributed by atoms with Gasteiger partial charge in [0.15, 0.2) is 11.5 Å². The summed E-state index contributed by atoms with van der Waals surface area (Å²) in [6, 6.07) is 15.1. The molecule has 3 rings (SSSR count). The maximum absolute atomic E-state index is 6.49. The van der Waals surface area contributed by atoms with Crippen molar-refractivity contribution in [1.29, 1.82) is 0 Å². The normalized spacial score (nSPS) is 20.7. The minimum Gasteiger partial charge on any atom is -0.493 e. The third-order valence-electron chi connectivity index (χ3n) is 8.00. The number of fused-ring (bicyclic) bond motifs is 1. The van der Waals surface area contributed by atoms with Gasteiger partial charge in [-0.3, -0.25) is 0 Å². The highest BCUT2D eigenvalue weighted by Gasteiger charge is 2.47. The molecule has 0 aromatic heterocycles. The van der Waals surface area contributed by atoms with Crippen LogP contribution in [0.3, 0.4) is 0 Å². The van der Waals surface area contributed by atoms with Crippen LogP contribution >= 0.6 is 0 Å². The SMILES string of the molecule is CCc1ccc(OC)c2c1C(C)(CCN(C)C(C)CCC(C)COCc1ccccc1)[C@H](COC)O2. The van der Waals surface area contributed by atoms with Gasteiger partial charge in [-0.25, -0.2) is 0 Å². The zero-order valence-corrected chi connectivity index (χ0v) is 23.5. The molecule has 5 nitrogen and oxygen atoms in total. The highest BCUT2D eigenvalue weighted by atomic mass is 16.5. The average molecular weight is 498 g/mol. The summed E-state index contributed by atoms with van der Waals surface area (Å²) in [4.78, 5) is 2.50. The summed E-state index contributed by atoms with van der Waals surface area (Å²) in [5, 5.41) is 0. The van der Waals surface area contributed by atoms with Gasteiger partial charge in [0.05, 0.1) is 20.3 Å². The first-order valence-corrected chi connectivity index (χ1v) is 13.5. The van der Waals surface area contributed by atoms with E-state index in [0.29, 0.717) is 25.2 Å². The van der Waals surface area contributed by atoms with Gasteiger partial charge < -0.3 is 23.8 Å². The standard InChI is InChI=1S/C31H47NO4/c1-8-26-16-17-27(34-7)30-29(26)31(4,28(36-30)22-33-6)18-19-32(5)24(3)15-14-23(2)20-35-21-25-12-10-9-11-13-25/h9-13,16-17,23-24,28H,8,14-15,18-22H2,1-7H3/t23?,24?,28-,31?/m0/s1. The van der Waals surface area contributed by atoms with Crippen molar-refractivity contribution in [3.05, 3.63) is 59.2 Å². The number of rotatable bonds is 15. The van der Waals surface area contributed by atoms with Gasteiger partial charge in [0.1, 0.15) is 6.10 Å². The highest BCUT2D eigenvalue weighted by molar-refractivity contribution is 5.58. The summed E-state index contributed by atoms with van der Waals surface area (Å²) >= 11 is 0. The van der Waals surface area contributed by atoms with Crippen LogP contribution < -0.4 is 9.47 Å². The predicted octanol–water partition coefficient (Wildman–Crippen LogP) is 6.27. The van der Waals surface area contributed by atoms with Crippen molar-refractivity contribution >= 4 is 0 Å². The minimum absolute atomic E-state index is 0.0235. The van der Waals surface area contributed by atoms with E-state index in [-0.39, 0.29) is 11.5 Å². The number of methoxy groups -OCH3 is 2. The Bertz CT molecular complexity index is 934. The lowest BCUT2D eigenvalue weighted by Crippen LogP contribution is -2.42. The Kier molecular flexibility index (Phi) is 10.7. The molecular formula is C31H47NO4. The maximum Gasteiger partial charge on any atom is 0.165 e. The molecule has 0 radical (unpaired) electrons. The van der Waals surface area contributed by atoms with Crippen LogP contribution in [0.4, 0.5) is 0 Å². The number of aryl methyl sites for hydroxylation is 1. The van der Waals surface area contributed by atoms with Gasteiger partial charge in [-0.05, 0) is 69.3 Å². The van der Waals surface area contributed by atoms with Crippen LogP contribution in [-0.4, -0.2) is 58.1 Å². The molecule has 0 saturated carbocycles. The second-order valence-electron chi connectivity index (χ2n) is 10.7. The van der Waals surface area contributed by atoms with E-state index < -0.39 is 0 Å². The van der Waals surface area contributed by atoms with Crippen LogP contribution in [0.5, 0.6) is 11.5 Å². The lowest BCUT2D eigenvalue weighted by Gasteiger charge is -2.34. The van der Waals surface area contributed by atoms with E-state index in [2.05, 4.69) is 70.0 Å². The van der Waals surface area contributed by atoms with Crippen LogP contribution in [-0.2, 0) is 27.9 Å². The summed E-state index contributed by atoms with van der Waals surface area (Å²) in [5.74, 6) is 2.27. The summed E-state index contributed by atoms with van der Waals surface area (Å²) in [6.07, 6.45) is 4.27.